The normalized spacial score (nSPS) is 11.8. The summed E-state index contributed by atoms with van der Waals surface area (Å²) in [5.41, 5.74) is 0.174. The molecule has 150 valence electrons. The van der Waals surface area contributed by atoms with Crippen LogP contribution in [0.1, 0.15) is 6.92 Å². The van der Waals surface area contributed by atoms with Crippen LogP contribution in [0.5, 0.6) is 11.5 Å². The molecule has 3 aromatic rings. The Bertz CT molecular complexity index is 1270. The average molecular weight is 436 g/mol. The molecule has 0 aliphatic carbocycles. The number of hydrogen-bond donors (Lipinski definition) is 4. The van der Waals surface area contributed by atoms with Crippen LogP contribution in [0.25, 0.3) is 10.8 Å². The van der Waals surface area contributed by atoms with E-state index in [1.807, 2.05) is 0 Å². The van der Waals surface area contributed by atoms with Crippen LogP contribution in [0.15, 0.2) is 57.6 Å². The number of azo groups is 1. The SMILES string of the molecule is CC(=O)Nc1cccc2c(N=Nc3cc(Cl)cc(S(=O)(=O)O)c3O)c(O)ccc12. The molecular formula is C18H14ClN3O6S. The molecule has 0 spiro atoms. The lowest BCUT2D eigenvalue weighted by Crippen LogP contribution is -2.05. The zero-order valence-corrected chi connectivity index (χ0v) is 16.4. The highest BCUT2D eigenvalue weighted by molar-refractivity contribution is 7.86. The van der Waals surface area contributed by atoms with Crippen molar-refractivity contribution in [2.75, 3.05) is 5.32 Å². The van der Waals surface area contributed by atoms with Gasteiger partial charge in [-0.25, -0.2) is 0 Å². The van der Waals surface area contributed by atoms with E-state index in [1.165, 1.54) is 13.0 Å². The van der Waals surface area contributed by atoms with Gasteiger partial charge in [0.15, 0.2) is 5.75 Å². The van der Waals surface area contributed by atoms with Crippen LogP contribution >= 0.6 is 11.6 Å². The number of benzene rings is 3. The molecule has 29 heavy (non-hydrogen) atoms. The van der Waals surface area contributed by atoms with E-state index in [4.69, 9.17) is 11.6 Å². The van der Waals surface area contributed by atoms with Gasteiger partial charge in [-0.05, 0) is 30.3 Å². The lowest BCUT2D eigenvalue weighted by molar-refractivity contribution is -0.114. The number of anilines is 1. The van der Waals surface area contributed by atoms with E-state index < -0.39 is 20.8 Å². The minimum Gasteiger partial charge on any atom is -0.506 e. The van der Waals surface area contributed by atoms with E-state index in [2.05, 4.69) is 15.5 Å². The van der Waals surface area contributed by atoms with E-state index in [-0.39, 0.29) is 28.1 Å². The first-order valence-corrected chi connectivity index (χ1v) is 9.83. The molecule has 0 aliphatic rings. The summed E-state index contributed by atoms with van der Waals surface area (Å²) in [7, 11) is -4.75. The van der Waals surface area contributed by atoms with E-state index in [1.54, 1.807) is 24.3 Å². The van der Waals surface area contributed by atoms with Crippen LogP contribution in [-0.4, -0.2) is 29.1 Å². The Morgan fingerprint density at radius 2 is 1.79 bits per heavy atom. The third-order valence-corrected chi connectivity index (χ3v) is 4.96. The maximum Gasteiger partial charge on any atom is 0.298 e. The number of rotatable bonds is 4. The second-order valence-electron chi connectivity index (χ2n) is 5.96. The monoisotopic (exact) mass is 435 g/mol. The highest BCUT2D eigenvalue weighted by Gasteiger charge is 2.20. The standard InChI is InChI=1S/C18H14ClN3O6S/c1-9(23)20-13-4-2-3-12-11(13)5-6-15(24)17(12)22-21-14-7-10(19)8-16(18(14)25)29(26,27)28/h2-8,24-25H,1H3,(H,20,23)(H,26,27,28). The van der Waals surface area contributed by atoms with Crippen molar-refractivity contribution >= 4 is 55.5 Å². The van der Waals surface area contributed by atoms with Gasteiger partial charge >= 0.3 is 0 Å². The Hall–Kier alpha value is -3.21. The van der Waals surface area contributed by atoms with Crippen LogP contribution < -0.4 is 5.32 Å². The smallest absolute Gasteiger partial charge is 0.298 e. The Labute approximate surface area is 170 Å². The minimum absolute atomic E-state index is 0.0162. The maximum absolute atomic E-state index is 11.4. The Morgan fingerprint density at radius 3 is 2.45 bits per heavy atom. The summed E-state index contributed by atoms with van der Waals surface area (Å²) in [6, 6.07) is 9.88. The molecule has 4 N–H and O–H groups in total. The summed E-state index contributed by atoms with van der Waals surface area (Å²) >= 11 is 5.83. The first kappa shape index (κ1) is 20.5. The van der Waals surface area contributed by atoms with Gasteiger partial charge in [0.1, 0.15) is 22.0 Å². The zero-order valence-electron chi connectivity index (χ0n) is 14.8. The summed E-state index contributed by atoms with van der Waals surface area (Å²) in [5, 5.41) is 31.6. The number of nitrogens with one attached hydrogen (secondary N) is 1. The topological polar surface area (TPSA) is 149 Å². The van der Waals surface area contributed by atoms with Crippen molar-refractivity contribution in [3.05, 3.63) is 47.5 Å². The maximum atomic E-state index is 11.4. The molecule has 3 aromatic carbocycles. The van der Waals surface area contributed by atoms with Crippen molar-refractivity contribution in [1.82, 2.24) is 0 Å². The van der Waals surface area contributed by atoms with Gasteiger partial charge < -0.3 is 15.5 Å². The van der Waals surface area contributed by atoms with Crippen molar-refractivity contribution in [2.24, 2.45) is 10.2 Å². The van der Waals surface area contributed by atoms with Gasteiger partial charge in [-0.15, -0.1) is 10.2 Å². The number of aromatic hydroxyl groups is 2. The van der Waals surface area contributed by atoms with Crippen LogP contribution in [-0.2, 0) is 14.9 Å². The molecule has 9 nitrogen and oxygen atoms in total. The molecule has 0 bridgehead atoms. The van der Waals surface area contributed by atoms with Gasteiger partial charge in [0.2, 0.25) is 5.91 Å². The van der Waals surface area contributed by atoms with Gasteiger partial charge in [-0.2, -0.15) is 8.42 Å². The number of hydrogen-bond acceptors (Lipinski definition) is 7. The van der Waals surface area contributed by atoms with Gasteiger partial charge in [-0.1, -0.05) is 23.7 Å². The van der Waals surface area contributed by atoms with Gasteiger partial charge in [-0.3, -0.25) is 9.35 Å². The summed E-state index contributed by atoms with van der Waals surface area (Å²) in [5.74, 6) is -1.37. The molecule has 0 atom stereocenters. The van der Waals surface area contributed by atoms with E-state index in [9.17, 15) is 28.0 Å². The fraction of sp³-hybridized carbons (Fsp3) is 0.0556. The fourth-order valence-electron chi connectivity index (χ4n) is 2.67. The fourth-order valence-corrected chi connectivity index (χ4v) is 3.57. The number of halogens is 1. The Balaban J connectivity index is 2.16. The number of amides is 1. The van der Waals surface area contributed by atoms with Gasteiger partial charge in [0.05, 0.1) is 0 Å². The van der Waals surface area contributed by atoms with Crippen molar-refractivity contribution in [3.8, 4) is 11.5 Å². The first-order chi connectivity index (χ1) is 13.6. The van der Waals surface area contributed by atoms with Crippen LogP contribution in [0, 0.1) is 0 Å². The summed E-state index contributed by atoms with van der Waals surface area (Å²) in [6.07, 6.45) is 0. The largest absolute Gasteiger partial charge is 0.506 e. The predicted molar refractivity (Wildman–Crippen MR) is 107 cm³/mol. The van der Waals surface area contributed by atoms with Gasteiger partial charge in [0.25, 0.3) is 10.1 Å². The number of carbonyl (C=O) groups is 1. The van der Waals surface area contributed by atoms with Crippen LogP contribution in [0.2, 0.25) is 5.02 Å². The van der Waals surface area contributed by atoms with Crippen molar-refractivity contribution in [2.45, 2.75) is 11.8 Å². The van der Waals surface area contributed by atoms with E-state index >= 15 is 0 Å². The number of phenolic OH excluding ortho intramolecular Hbond substituents is 2. The lowest BCUT2D eigenvalue weighted by atomic mass is 10.1. The molecule has 0 radical (unpaired) electrons. The molecule has 0 heterocycles. The highest BCUT2D eigenvalue weighted by Crippen LogP contribution is 2.41. The molecule has 0 aliphatic heterocycles. The van der Waals surface area contributed by atoms with Crippen molar-refractivity contribution < 1.29 is 28.0 Å². The van der Waals surface area contributed by atoms with Crippen molar-refractivity contribution in [1.29, 1.82) is 0 Å². The molecule has 0 fully saturated rings. The van der Waals surface area contributed by atoms with Crippen LogP contribution in [0.3, 0.4) is 0 Å². The summed E-state index contributed by atoms with van der Waals surface area (Å²) in [6.45, 7) is 1.36. The second-order valence-corrected chi connectivity index (χ2v) is 7.79. The van der Waals surface area contributed by atoms with Crippen molar-refractivity contribution in [3.63, 3.8) is 0 Å². The molecule has 1 amide bonds. The quantitative estimate of drug-likeness (QED) is 0.349. The summed E-state index contributed by atoms with van der Waals surface area (Å²) < 4.78 is 32.0. The molecule has 3 rings (SSSR count). The number of fused-ring (bicyclic) bond motifs is 1. The van der Waals surface area contributed by atoms with E-state index in [0.717, 1.165) is 12.1 Å². The number of phenols is 2. The molecular weight excluding hydrogens is 422 g/mol. The number of nitrogens with zero attached hydrogens (tertiary/aromatic N) is 2. The second kappa shape index (κ2) is 7.66. The Kier molecular flexibility index (Phi) is 5.42. The molecule has 0 unspecified atom stereocenters. The lowest BCUT2D eigenvalue weighted by Gasteiger charge is -2.10. The van der Waals surface area contributed by atoms with E-state index in [0.29, 0.717) is 16.5 Å². The summed E-state index contributed by atoms with van der Waals surface area (Å²) in [4.78, 5) is 10.6. The molecule has 11 heteroatoms. The van der Waals surface area contributed by atoms with Crippen LogP contribution in [0.4, 0.5) is 17.1 Å². The third-order valence-electron chi connectivity index (χ3n) is 3.88. The predicted octanol–water partition coefficient (Wildman–Crippen LogP) is 4.52. The molecule has 0 saturated heterocycles. The first-order valence-electron chi connectivity index (χ1n) is 8.02. The minimum atomic E-state index is -4.75. The highest BCUT2D eigenvalue weighted by atomic mass is 35.5. The molecule has 0 aromatic heterocycles. The third kappa shape index (κ3) is 4.29. The van der Waals surface area contributed by atoms with Gasteiger partial charge in [0, 0.05) is 28.4 Å². The molecule has 0 saturated carbocycles. The zero-order chi connectivity index (χ0) is 21.3. The number of carbonyl (C=O) groups excluding carboxylic acids is 1. The Morgan fingerprint density at radius 1 is 1.07 bits per heavy atom. The average Bonchev–Trinajstić information content (AvgIpc) is 2.62.